The number of nitrogens with one attached hydrogen (secondary N) is 1. The van der Waals surface area contributed by atoms with Gasteiger partial charge in [0.15, 0.2) is 5.76 Å². The maximum atomic E-state index is 13.4. The first-order valence-electron chi connectivity index (χ1n) is 11.1. The number of pyridine rings is 1. The Labute approximate surface area is 195 Å². The number of nitrogens with zero attached hydrogens (tertiary/aromatic N) is 3. The van der Waals surface area contributed by atoms with Gasteiger partial charge in [-0.15, -0.1) is 0 Å². The van der Waals surface area contributed by atoms with Crippen LogP contribution in [0.4, 0.5) is 4.39 Å². The molecule has 2 rings (SSSR count). The normalized spacial score (nSPS) is 13.2. The second kappa shape index (κ2) is 13.3. The molecule has 0 spiro atoms. The lowest BCUT2D eigenvalue weighted by atomic mass is 10.0. The molecule has 1 aromatic carbocycles. The van der Waals surface area contributed by atoms with Crippen molar-refractivity contribution in [1.29, 1.82) is 0 Å². The molecule has 0 bridgehead atoms. The van der Waals surface area contributed by atoms with Crippen molar-refractivity contribution in [1.82, 2.24) is 10.3 Å². The average Bonchev–Trinajstić information content (AvgIpc) is 2.80. The van der Waals surface area contributed by atoms with Crippen LogP contribution >= 0.6 is 0 Å². The lowest BCUT2D eigenvalue weighted by Gasteiger charge is -2.17. The van der Waals surface area contributed by atoms with Gasteiger partial charge in [0.05, 0.1) is 12.3 Å². The van der Waals surface area contributed by atoms with E-state index in [1.165, 1.54) is 12.1 Å². The number of allylic oxidation sites excluding steroid dienone is 2. The molecule has 176 valence electrons. The van der Waals surface area contributed by atoms with Crippen LogP contribution < -0.4 is 5.32 Å². The number of aryl methyl sites for hydroxylation is 1. The van der Waals surface area contributed by atoms with Crippen LogP contribution in [0, 0.1) is 12.7 Å². The molecule has 2 aromatic rings. The van der Waals surface area contributed by atoms with Gasteiger partial charge in [0.2, 0.25) is 0 Å². The number of oxime groups is 1. The van der Waals surface area contributed by atoms with Gasteiger partial charge in [0.1, 0.15) is 17.7 Å². The fourth-order valence-electron chi connectivity index (χ4n) is 2.94. The Balaban J connectivity index is 2.56. The Morgan fingerprint density at radius 1 is 1.18 bits per heavy atom. The lowest BCUT2D eigenvalue weighted by Crippen LogP contribution is -2.26. The summed E-state index contributed by atoms with van der Waals surface area (Å²) in [6.45, 7) is 9.32. The minimum Gasteiger partial charge on any atom is -0.394 e. The Kier molecular flexibility index (Phi) is 10.4. The second-order valence-corrected chi connectivity index (χ2v) is 7.64. The van der Waals surface area contributed by atoms with E-state index in [2.05, 4.69) is 15.5 Å². The van der Waals surface area contributed by atoms with Crippen LogP contribution in [-0.2, 0) is 4.84 Å². The van der Waals surface area contributed by atoms with Crippen molar-refractivity contribution in [2.75, 3.05) is 6.61 Å². The van der Waals surface area contributed by atoms with Crippen molar-refractivity contribution in [2.24, 2.45) is 10.1 Å². The smallest absolute Gasteiger partial charge is 0.157 e. The van der Waals surface area contributed by atoms with E-state index >= 15 is 0 Å². The van der Waals surface area contributed by atoms with Gasteiger partial charge in [0.25, 0.3) is 0 Å². The summed E-state index contributed by atoms with van der Waals surface area (Å²) in [4.78, 5) is 14.9. The lowest BCUT2D eigenvalue weighted by molar-refractivity contribution is 0.175. The molecule has 0 aliphatic carbocycles. The van der Waals surface area contributed by atoms with E-state index in [0.717, 1.165) is 34.5 Å². The van der Waals surface area contributed by atoms with Gasteiger partial charge >= 0.3 is 0 Å². The minimum atomic E-state index is -0.653. The van der Waals surface area contributed by atoms with Gasteiger partial charge in [-0.1, -0.05) is 37.2 Å². The van der Waals surface area contributed by atoms with E-state index in [-0.39, 0.29) is 12.4 Å². The van der Waals surface area contributed by atoms with Crippen molar-refractivity contribution >= 4 is 11.5 Å². The number of aliphatic imine (C=N–C) groups is 1. The monoisotopic (exact) mass is 452 g/mol. The molecule has 2 N–H and O–H groups in total. The zero-order valence-electron chi connectivity index (χ0n) is 20.0. The summed E-state index contributed by atoms with van der Waals surface area (Å²) in [5, 5.41) is 17.4. The summed E-state index contributed by atoms with van der Waals surface area (Å²) < 4.78 is 13.4. The zero-order valence-corrected chi connectivity index (χ0v) is 20.0. The predicted molar refractivity (Wildman–Crippen MR) is 133 cm³/mol. The minimum absolute atomic E-state index is 0.253. The topological polar surface area (TPSA) is 79.1 Å². The molecule has 0 fully saturated rings. The maximum absolute atomic E-state index is 13.4. The van der Waals surface area contributed by atoms with E-state index < -0.39 is 6.04 Å². The fraction of sp³-hybridized carbons (Fsp3) is 0.346. The highest BCUT2D eigenvalue weighted by Crippen LogP contribution is 2.22. The molecule has 0 saturated heterocycles. The SMILES string of the molecule is CC/C=C/NC(=NC(CO)/C(=C\CC)ON=C(C)C)c1cc(-c2ccc(F)cc2)cnc1C. The van der Waals surface area contributed by atoms with Crippen molar-refractivity contribution in [3.05, 3.63) is 77.7 Å². The number of aliphatic hydroxyl groups is 1. The molecule has 0 amide bonds. The highest BCUT2D eigenvalue weighted by Gasteiger charge is 2.18. The van der Waals surface area contributed by atoms with Crippen molar-refractivity contribution in [3.8, 4) is 11.1 Å². The van der Waals surface area contributed by atoms with Gasteiger partial charge in [-0.2, -0.15) is 0 Å². The third-order valence-corrected chi connectivity index (χ3v) is 4.62. The Hall–Kier alpha value is -3.32. The van der Waals surface area contributed by atoms with Crippen molar-refractivity contribution < 1.29 is 14.3 Å². The first-order valence-corrected chi connectivity index (χ1v) is 11.1. The number of halogens is 1. The summed E-state index contributed by atoms with van der Waals surface area (Å²) in [6, 6.07) is 7.56. The molecular weight excluding hydrogens is 419 g/mol. The fourth-order valence-corrected chi connectivity index (χ4v) is 2.94. The third kappa shape index (κ3) is 7.95. The van der Waals surface area contributed by atoms with Gasteiger partial charge in [-0.25, -0.2) is 4.39 Å². The molecule has 1 aromatic heterocycles. The third-order valence-electron chi connectivity index (χ3n) is 4.62. The number of hydrogen-bond donors (Lipinski definition) is 2. The molecule has 0 aliphatic heterocycles. The van der Waals surface area contributed by atoms with E-state index in [1.807, 2.05) is 59.0 Å². The van der Waals surface area contributed by atoms with Crippen molar-refractivity contribution in [3.63, 3.8) is 0 Å². The standard InChI is InChI=1S/C26H33FN4O2/c1-6-8-14-28-26(30-24(17-32)25(9-7-2)33-31-18(3)4)23-15-21(16-29-19(23)5)20-10-12-22(27)13-11-20/h8-16,24,32H,6-7,17H2,1-5H3,(H,28,30)/b14-8+,25-9+. The molecule has 1 unspecified atom stereocenters. The van der Waals surface area contributed by atoms with Crippen molar-refractivity contribution in [2.45, 2.75) is 53.5 Å². The Morgan fingerprint density at radius 2 is 1.91 bits per heavy atom. The van der Waals surface area contributed by atoms with Crippen LogP contribution in [0.5, 0.6) is 0 Å². The molecule has 7 heteroatoms. The van der Waals surface area contributed by atoms with Crippen LogP contribution in [0.2, 0.25) is 0 Å². The number of aromatic nitrogens is 1. The van der Waals surface area contributed by atoms with E-state index in [9.17, 15) is 9.50 Å². The predicted octanol–water partition coefficient (Wildman–Crippen LogP) is 5.52. The van der Waals surface area contributed by atoms with E-state index in [0.29, 0.717) is 18.0 Å². The molecule has 0 radical (unpaired) electrons. The van der Waals surface area contributed by atoms with Crippen LogP contribution in [0.3, 0.4) is 0 Å². The molecule has 0 saturated carbocycles. The van der Waals surface area contributed by atoms with E-state index in [4.69, 9.17) is 9.83 Å². The Morgan fingerprint density at radius 3 is 2.52 bits per heavy atom. The molecule has 0 aliphatic rings. The van der Waals surface area contributed by atoms with E-state index in [1.54, 1.807) is 18.3 Å². The largest absolute Gasteiger partial charge is 0.394 e. The molecule has 33 heavy (non-hydrogen) atoms. The molecule has 6 nitrogen and oxygen atoms in total. The number of hydrogen-bond acceptors (Lipinski definition) is 5. The van der Waals surface area contributed by atoms with Crippen LogP contribution in [-0.4, -0.2) is 34.3 Å². The second-order valence-electron chi connectivity index (χ2n) is 7.64. The number of benzene rings is 1. The summed E-state index contributed by atoms with van der Waals surface area (Å²) in [6.07, 6.45) is 8.95. The maximum Gasteiger partial charge on any atom is 0.157 e. The molecule has 1 heterocycles. The van der Waals surface area contributed by atoms with Gasteiger partial charge < -0.3 is 15.3 Å². The summed E-state index contributed by atoms with van der Waals surface area (Å²) in [5.74, 6) is 0.717. The number of amidine groups is 1. The first kappa shape index (κ1) is 25.9. The van der Waals surface area contributed by atoms with Gasteiger partial charge in [-0.05, 0) is 69.7 Å². The van der Waals surface area contributed by atoms with Crippen LogP contribution in [0.1, 0.15) is 51.8 Å². The van der Waals surface area contributed by atoms with Gasteiger partial charge in [-0.3, -0.25) is 9.98 Å². The molecular formula is C26H33FN4O2. The zero-order chi connectivity index (χ0) is 24.2. The Bertz CT molecular complexity index is 1020. The first-order chi connectivity index (χ1) is 15.9. The summed E-state index contributed by atoms with van der Waals surface area (Å²) in [5.41, 5.74) is 3.96. The van der Waals surface area contributed by atoms with Gasteiger partial charge in [0, 0.05) is 23.0 Å². The number of rotatable bonds is 10. The average molecular weight is 453 g/mol. The summed E-state index contributed by atoms with van der Waals surface area (Å²) in [7, 11) is 0. The quantitative estimate of drug-likeness (QED) is 0.215. The van der Waals surface area contributed by atoms with Crippen LogP contribution in [0.15, 0.2) is 70.8 Å². The molecule has 1 atom stereocenters. The number of aliphatic hydroxyl groups excluding tert-OH is 1. The van der Waals surface area contributed by atoms with Crippen LogP contribution in [0.25, 0.3) is 11.1 Å². The highest BCUT2D eigenvalue weighted by atomic mass is 19.1. The highest BCUT2D eigenvalue weighted by molar-refractivity contribution is 6.01. The summed E-state index contributed by atoms with van der Waals surface area (Å²) >= 11 is 0.